The summed E-state index contributed by atoms with van der Waals surface area (Å²) in [5.74, 6) is 1.93. The lowest BCUT2D eigenvalue weighted by molar-refractivity contribution is 0.0622. The van der Waals surface area contributed by atoms with Crippen molar-refractivity contribution < 1.29 is 19.0 Å². The maximum atomic E-state index is 13.1. The molecule has 0 atom stereocenters. The summed E-state index contributed by atoms with van der Waals surface area (Å²) in [5, 5.41) is 0. The van der Waals surface area contributed by atoms with Crippen molar-refractivity contribution in [2.75, 3.05) is 47.0 Å². The van der Waals surface area contributed by atoms with Gasteiger partial charge in [-0.05, 0) is 36.8 Å². The molecule has 0 spiro atoms. The zero-order chi connectivity index (χ0) is 19.9. The van der Waals surface area contributed by atoms with Gasteiger partial charge in [-0.25, -0.2) is 0 Å². The van der Waals surface area contributed by atoms with Gasteiger partial charge in [0.2, 0.25) is 0 Å². The van der Waals surface area contributed by atoms with E-state index < -0.39 is 0 Å². The molecule has 6 nitrogen and oxygen atoms in total. The fourth-order valence-corrected chi connectivity index (χ4v) is 3.45. The molecule has 150 valence electrons. The average molecular weight is 384 g/mol. The van der Waals surface area contributed by atoms with Crippen LogP contribution in [0.25, 0.3) is 0 Å². The van der Waals surface area contributed by atoms with E-state index in [-0.39, 0.29) is 5.91 Å². The normalized spacial score (nSPS) is 14.6. The van der Waals surface area contributed by atoms with Crippen molar-refractivity contribution in [3.8, 4) is 17.2 Å². The number of hydrogen-bond acceptors (Lipinski definition) is 5. The number of carbonyl (C=O) groups excluding carboxylic acids is 1. The van der Waals surface area contributed by atoms with Crippen molar-refractivity contribution in [3.05, 3.63) is 53.6 Å². The highest BCUT2D eigenvalue weighted by molar-refractivity contribution is 5.99. The minimum atomic E-state index is -0.0463. The number of amides is 1. The van der Waals surface area contributed by atoms with Crippen LogP contribution in [0.4, 0.5) is 0 Å². The molecule has 0 unspecified atom stereocenters. The van der Waals surface area contributed by atoms with Crippen molar-refractivity contribution in [1.82, 2.24) is 9.80 Å². The number of benzene rings is 2. The predicted octanol–water partition coefficient (Wildman–Crippen LogP) is 3.06. The van der Waals surface area contributed by atoms with E-state index in [2.05, 4.69) is 17.0 Å². The maximum absolute atomic E-state index is 13.1. The Kier molecular flexibility index (Phi) is 6.76. The molecule has 1 fully saturated rings. The lowest BCUT2D eigenvalue weighted by atomic mass is 10.1. The summed E-state index contributed by atoms with van der Waals surface area (Å²) >= 11 is 0. The van der Waals surface area contributed by atoms with E-state index in [0.29, 0.717) is 36.8 Å². The van der Waals surface area contributed by atoms with E-state index >= 15 is 0 Å². The average Bonchev–Trinajstić information content (AvgIpc) is 2.74. The molecule has 2 aromatic carbocycles. The summed E-state index contributed by atoms with van der Waals surface area (Å²) < 4.78 is 16.3. The topological polar surface area (TPSA) is 51.2 Å². The van der Waals surface area contributed by atoms with Gasteiger partial charge >= 0.3 is 0 Å². The third-order valence-electron chi connectivity index (χ3n) is 4.94. The van der Waals surface area contributed by atoms with Gasteiger partial charge in [0.25, 0.3) is 5.91 Å². The lowest BCUT2D eigenvalue weighted by Gasteiger charge is -2.35. The van der Waals surface area contributed by atoms with Crippen LogP contribution >= 0.6 is 0 Å². The van der Waals surface area contributed by atoms with E-state index in [1.807, 2.05) is 30.0 Å². The Morgan fingerprint density at radius 2 is 1.54 bits per heavy atom. The van der Waals surface area contributed by atoms with Crippen molar-refractivity contribution in [1.29, 1.82) is 0 Å². The minimum Gasteiger partial charge on any atom is -0.496 e. The molecule has 1 amide bonds. The van der Waals surface area contributed by atoms with Gasteiger partial charge in [-0.1, -0.05) is 18.2 Å². The zero-order valence-electron chi connectivity index (χ0n) is 16.8. The first kappa shape index (κ1) is 20.0. The second kappa shape index (κ2) is 9.46. The van der Waals surface area contributed by atoms with Crippen LogP contribution in [0.1, 0.15) is 22.8 Å². The molecular formula is C22H28N2O4. The number of piperazine rings is 1. The van der Waals surface area contributed by atoms with Crippen molar-refractivity contribution in [2.45, 2.75) is 13.5 Å². The van der Waals surface area contributed by atoms with E-state index in [1.165, 1.54) is 5.56 Å². The Morgan fingerprint density at radius 1 is 0.929 bits per heavy atom. The Balaban J connectivity index is 1.60. The molecule has 0 bridgehead atoms. The number of rotatable bonds is 7. The molecule has 0 aliphatic carbocycles. The molecule has 0 saturated carbocycles. The van der Waals surface area contributed by atoms with Gasteiger partial charge in [-0.15, -0.1) is 0 Å². The van der Waals surface area contributed by atoms with E-state index in [1.54, 1.807) is 26.4 Å². The fraction of sp³-hybridized carbons (Fsp3) is 0.409. The summed E-state index contributed by atoms with van der Waals surface area (Å²) in [6.07, 6.45) is 0. The molecule has 0 N–H and O–H groups in total. The molecule has 0 aromatic heterocycles. The SMILES string of the molecule is CCOc1ccc(CN2CCN(C(=O)c3c(OC)cccc3OC)CC2)cc1. The van der Waals surface area contributed by atoms with Crippen molar-refractivity contribution in [3.63, 3.8) is 0 Å². The molecule has 6 heteroatoms. The first-order valence-corrected chi connectivity index (χ1v) is 9.60. The standard InChI is InChI=1S/C22H28N2O4/c1-4-28-18-10-8-17(9-11-18)16-23-12-14-24(15-13-23)22(25)21-19(26-2)6-5-7-20(21)27-3/h5-11H,4,12-16H2,1-3H3. The van der Waals surface area contributed by atoms with Crippen molar-refractivity contribution in [2.24, 2.45) is 0 Å². The number of ether oxygens (including phenoxy) is 3. The molecular weight excluding hydrogens is 356 g/mol. The maximum Gasteiger partial charge on any atom is 0.261 e. The van der Waals surface area contributed by atoms with E-state index in [9.17, 15) is 4.79 Å². The van der Waals surface area contributed by atoms with E-state index in [4.69, 9.17) is 14.2 Å². The van der Waals surface area contributed by atoms with E-state index in [0.717, 1.165) is 25.4 Å². The van der Waals surface area contributed by atoms with Gasteiger partial charge in [-0.3, -0.25) is 9.69 Å². The number of hydrogen-bond donors (Lipinski definition) is 0. The highest BCUT2D eigenvalue weighted by atomic mass is 16.5. The first-order chi connectivity index (χ1) is 13.7. The number of nitrogens with zero attached hydrogens (tertiary/aromatic N) is 2. The molecule has 28 heavy (non-hydrogen) atoms. The predicted molar refractivity (Wildman–Crippen MR) is 108 cm³/mol. The molecule has 0 radical (unpaired) electrons. The highest BCUT2D eigenvalue weighted by Crippen LogP contribution is 2.30. The van der Waals surface area contributed by atoms with Crippen LogP contribution in [0.5, 0.6) is 17.2 Å². The van der Waals surface area contributed by atoms with Crippen LogP contribution in [0.15, 0.2) is 42.5 Å². The van der Waals surface area contributed by atoms with Crippen LogP contribution in [0.2, 0.25) is 0 Å². The summed E-state index contributed by atoms with van der Waals surface area (Å²) in [4.78, 5) is 17.3. The van der Waals surface area contributed by atoms with Crippen LogP contribution in [0, 0.1) is 0 Å². The zero-order valence-corrected chi connectivity index (χ0v) is 16.8. The van der Waals surface area contributed by atoms with Crippen molar-refractivity contribution >= 4 is 5.91 Å². The van der Waals surface area contributed by atoms with Gasteiger partial charge in [0.05, 0.1) is 20.8 Å². The quantitative estimate of drug-likeness (QED) is 0.734. The Bertz CT molecular complexity index is 761. The third-order valence-corrected chi connectivity index (χ3v) is 4.94. The lowest BCUT2D eigenvalue weighted by Crippen LogP contribution is -2.48. The van der Waals surface area contributed by atoms with Crippen LogP contribution < -0.4 is 14.2 Å². The van der Waals surface area contributed by atoms with Gasteiger partial charge < -0.3 is 19.1 Å². The second-order valence-electron chi connectivity index (χ2n) is 6.68. The Morgan fingerprint density at radius 3 is 2.07 bits per heavy atom. The van der Waals surface area contributed by atoms with Gasteiger partial charge in [0.15, 0.2) is 0 Å². The molecule has 1 aliphatic rings. The largest absolute Gasteiger partial charge is 0.496 e. The molecule has 3 rings (SSSR count). The smallest absolute Gasteiger partial charge is 0.261 e. The van der Waals surface area contributed by atoms with Gasteiger partial charge in [0, 0.05) is 32.7 Å². The second-order valence-corrected chi connectivity index (χ2v) is 6.68. The van der Waals surface area contributed by atoms with Gasteiger partial charge in [0.1, 0.15) is 22.8 Å². The molecule has 1 heterocycles. The molecule has 1 aliphatic heterocycles. The first-order valence-electron chi connectivity index (χ1n) is 9.60. The Hall–Kier alpha value is -2.73. The highest BCUT2D eigenvalue weighted by Gasteiger charge is 2.27. The van der Waals surface area contributed by atoms with Gasteiger partial charge in [-0.2, -0.15) is 0 Å². The fourth-order valence-electron chi connectivity index (χ4n) is 3.45. The third kappa shape index (κ3) is 4.57. The summed E-state index contributed by atoms with van der Waals surface area (Å²) in [6.45, 7) is 6.54. The number of carbonyl (C=O) groups is 1. The minimum absolute atomic E-state index is 0.0463. The number of methoxy groups -OCH3 is 2. The van der Waals surface area contributed by atoms with Crippen LogP contribution in [-0.4, -0.2) is 62.7 Å². The molecule has 1 saturated heterocycles. The summed E-state index contributed by atoms with van der Waals surface area (Å²) in [7, 11) is 3.14. The molecule has 2 aromatic rings. The summed E-state index contributed by atoms with van der Waals surface area (Å²) in [6, 6.07) is 13.6. The van der Waals surface area contributed by atoms with Crippen LogP contribution in [0.3, 0.4) is 0 Å². The monoisotopic (exact) mass is 384 g/mol. The summed E-state index contributed by atoms with van der Waals surface area (Å²) in [5.41, 5.74) is 1.74. The Labute approximate surface area is 166 Å². The van der Waals surface area contributed by atoms with Crippen LogP contribution in [-0.2, 0) is 6.54 Å².